The van der Waals surface area contributed by atoms with Gasteiger partial charge in [0.15, 0.2) is 0 Å². The third-order valence-corrected chi connectivity index (χ3v) is 2.15. The smallest absolute Gasteiger partial charge is 0.137 e. The molecule has 0 aliphatic heterocycles. The molecular formula is C12H19ClO. The molecular weight excluding hydrogens is 196 g/mol. The first-order chi connectivity index (χ1) is 6.65. The first kappa shape index (κ1) is 13.3. The zero-order valence-electron chi connectivity index (χ0n) is 9.60. The Morgan fingerprint density at radius 1 is 1.21 bits per heavy atom. The van der Waals surface area contributed by atoms with Crippen molar-refractivity contribution in [1.29, 1.82) is 0 Å². The maximum absolute atomic E-state index is 5.88. The molecule has 0 aromatic heterocycles. The molecule has 80 valence electrons. The molecule has 0 bridgehead atoms. The second kappa shape index (κ2) is 6.72. The summed E-state index contributed by atoms with van der Waals surface area (Å²) in [4.78, 5) is 0. The van der Waals surface area contributed by atoms with Gasteiger partial charge in [-0.05, 0) is 23.6 Å². The van der Waals surface area contributed by atoms with Crippen molar-refractivity contribution in [1.82, 2.24) is 0 Å². The molecule has 0 spiro atoms. The Labute approximate surface area is 92.0 Å². The molecule has 0 aliphatic rings. The number of hydrogen-bond acceptors (Lipinski definition) is 1. The van der Waals surface area contributed by atoms with Gasteiger partial charge < -0.3 is 4.74 Å². The first-order valence-corrected chi connectivity index (χ1v) is 5.36. The van der Waals surface area contributed by atoms with Crippen molar-refractivity contribution in [3.05, 3.63) is 28.8 Å². The minimum Gasteiger partial charge on any atom is -0.495 e. The van der Waals surface area contributed by atoms with Gasteiger partial charge >= 0.3 is 0 Å². The summed E-state index contributed by atoms with van der Waals surface area (Å²) in [6, 6.07) is 5.87. The van der Waals surface area contributed by atoms with Gasteiger partial charge in [0.2, 0.25) is 0 Å². The van der Waals surface area contributed by atoms with Crippen molar-refractivity contribution in [2.75, 3.05) is 7.11 Å². The molecule has 1 aromatic rings. The summed E-state index contributed by atoms with van der Waals surface area (Å²) < 4.78 is 5.10. The van der Waals surface area contributed by atoms with E-state index in [0.29, 0.717) is 10.9 Å². The third-order valence-electron chi connectivity index (χ3n) is 1.84. The van der Waals surface area contributed by atoms with Gasteiger partial charge in [0.05, 0.1) is 12.1 Å². The highest BCUT2D eigenvalue weighted by Crippen LogP contribution is 2.27. The van der Waals surface area contributed by atoms with Gasteiger partial charge in [-0.1, -0.05) is 45.4 Å². The number of methoxy groups -OCH3 is 1. The van der Waals surface area contributed by atoms with Crippen LogP contribution in [0.5, 0.6) is 5.75 Å². The number of benzene rings is 1. The molecule has 0 saturated carbocycles. The topological polar surface area (TPSA) is 9.23 Å². The summed E-state index contributed by atoms with van der Waals surface area (Å²) in [6.45, 7) is 8.28. The average Bonchev–Trinajstić information content (AvgIpc) is 2.21. The minimum atomic E-state index is 0.510. The van der Waals surface area contributed by atoms with E-state index in [1.165, 1.54) is 5.56 Å². The van der Waals surface area contributed by atoms with Crippen LogP contribution in [0.2, 0.25) is 5.02 Å². The van der Waals surface area contributed by atoms with Gasteiger partial charge in [-0.25, -0.2) is 0 Å². The summed E-state index contributed by atoms with van der Waals surface area (Å²) in [7, 11) is 1.63. The van der Waals surface area contributed by atoms with Crippen molar-refractivity contribution < 1.29 is 4.74 Å². The van der Waals surface area contributed by atoms with Crippen molar-refractivity contribution in [3.63, 3.8) is 0 Å². The Morgan fingerprint density at radius 2 is 1.79 bits per heavy atom. The first-order valence-electron chi connectivity index (χ1n) is 4.98. The molecule has 1 aromatic carbocycles. The van der Waals surface area contributed by atoms with Gasteiger partial charge in [-0.3, -0.25) is 0 Å². The molecule has 0 amide bonds. The molecule has 0 radical (unpaired) electrons. The van der Waals surface area contributed by atoms with Crippen LogP contribution in [-0.4, -0.2) is 7.11 Å². The molecule has 0 unspecified atom stereocenters. The van der Waals surface area contributed by atoms with E-state index in [4.69, 9.17) is 16.3 Å². The largest absolute Gasteiger partial charge is 0.495 e. The Morgan fingerprint density at radius 3 is 2.21 bits per heavy atom. The Kier molecular flexibility index (Phi) is 6.39. The van der Waals surface area contributed by atoms with E-state index in [0.717, 1.165) is 5.75 Å². The lowest BCUT2D eigenvalue weighted by molar-refractivity contribution is 0.414. The second-order valence-corrected chi connectivity index (χ2v) is 3.46. The summed E-state index contributed by atoms with van der Waals surface area (Å²) in [5, 5.41) is 0.668. The molecule has 0 aliphatic carbocycles. The van der Waals surface area contributed by atoms with Crippen LogP contribution in [0, 0.1) is 0 Å². The van der Waals surface area contributed by atoms with E-state index in [9.17, 15) is 0 Å². The molecule has 2 heteroatoms. The van der Waals surface area contributed by atoms with Crippen LogP contribution < -0.4 is 4.74 Å². The van der Waals surface area contributed by atoms with E-state index >= 15 is 0 Å². The second-order valence-electron chi connectivity index (χ2n) is 3.05. The van der Waals surface area contributed by atoms with E-state index < -0.39 is 0 Å². The van der Waals surface area contributed by atoms with Crippen LogP contribution in [0.25, 0.3) is 0 Å². The third kappa shape index (κ3) is 3.59. The lowest BCUT2D eigenvalue weighted by atomic mass is 10.0. The molecule has 1 nitrogen and oxygen atoms in total. The van der Waals surface area contributed by atoms with Gasteiger partial charge in [0.25, 0.3) is 0 Å². The molecule has 14 heavy (non-hydrogen) atoms. The monoisotopic (exact) mass is 214 g/mol. The lowest BCUT2D eigenvalue weighted by Crippen LogP contribution is -1.90. The normalized spacial score (nSPS) is 9.36. The fourth-order valence-electron chi connectivity index (χ4n) is 1.04. The van der Waals surface area contributed by atoms with Crippen molar-refractivity contribution in [3.8, 4) is 5.75 Å². The highest BCUT2D eigenvalue weighted by Gasteiger charge is 2.03. The Bertz CT molecular complexity index is 269. The van der Waals surface area contributed by atoms with Crippen molar-refractivity contribution in [2.45, 2.75) is 33.6 Å². The Balaban J connectivity index is 0.000000791. The SMILES string of the molecule is CC.COc1cc(C(C)C)ccc1Cl. The fraction of sp³-hybridized carbons (Fsp3) is 0.500. The summed E-state index contributed by atoms with van der Waals surface area (Å²) in [6.07, 6.45) is 0. The molecule has 0 fully saturated rings. The van der Waals surface area contributed by atoms with Crippen LogP contribution in [0.3, 0.4) is 0 Å². The standard InChI is InChI=1S/C10H13ClO.C2H6/c1-7(2)8-4-5-9(11)10(6-8)12-3;1-2/h4-7H,1-3H3;1-2H3. The highest BCUT2D eigenvalue weighted by molar-refractivity contribution is 6.32. The highest BCUT2D eigenvalue weighted by atomic mass is 35.5. The number of halogens is 1. The number of rotatable bonds is 2. The quantitative estimate of drug-likeness (QED) is 0.705. The van der Waals surface area contributed by atoms with Crippen LogP contribution in [0.1, 0.15) is 39.2 Å². The maximum Gasteiger partial charge on any atom is 0.137 e. The van der Waals surface area contributed by atoms with Crippen LogP contribution in [0.15, 0.2) is 18.2 Å². The Hall–Kier alpha value is -0.690. The zero-order chi connectivity index (χ0) is 11.1. The van der Waals surface area contributed by atoms with Crippen molar-refractivity contribution in [2.24, 2.45) is 0 Å². The van der Waals surface area contributed by atoms with E-state index in [1.54, 1.807) is 7.11 Å². The fourth-order valence-corrected chi connectivity index (χ4v) is 1.23. The van der Waals surface area contributed by atoms with Crippen LogP contribution >= 0.6 is 11.6 Å². The molecule has 0 N–H and O–H groups in total. The van der Waals surface area contributed by atoms with Crippen molar-refractivity contribution >= 4 is 11.6 Å². The molecule has 0 saturated heterocycles. The zero-order valence-corrected chi connectivity index (χ0v) is 10.4. The van der Waals surface area contributed by atoms with Gasteiger partial charge in [0.1, 0.15) is 5.75 Å². The molecule has 1 rings (SSSR count). The summed E-state index contributed by atoms with van der Waals surface area (Å²) in [5.41, 5.74) is 1.25. The number of ether oxygens (including phenoxy) is 1. The van der Waals surface area contributed by atoms with Gasteiger partial charge in [-0.15, -0.1) is 0 Å². The molecule has 0 atom stereocenters. The van der Waals surface area contributed by atoms with E-state index in [2.05, 4.69) is 13.8 Å². The number of hydrogen-bond donors (Lipinski definition) is 0. The lowest BCUT2D eigenvalue weighted by Gasteiger charge is -2.08. The minimum absolute atomic E-state index is 0.510. The average molecular weight is 215 g/mol. The molecule has 0 heterocycles. The van der Waals surface area contributed by atoms with Gasteiger partial charge in [-0.2, -0.15) is 0 Å². The predicted octanol–water partition coefficient (Wildman–Crippen LogP) is 4.50. The predicted molar refractivity (Wildman–Crippen MR) is 63.4 cm³/mol. The van der Waals surface area contributed by atoms with Gasteiger partial charge in [0, 0.05) is 0 Å². The van der Waals surface area contributed by atoms with E-state index in [1.807, 2.05) is 32.0 Å². The summed E-state index contributed by atoms with van der Waals surface area (Å²) >= 11 is 5.88. The van der Waals surface area contributed by atoms with E-state index in [-0.39, 0.29) is 0 Å². The summed E-state index contributed by atoms with van der Waals surface area (Å²) in [5.74, 6) is 1.26. The van der Waals surface area contributed by atoms with Crippen LogP contribution in [0.4, 0.5) is 0 Å². The van der Waals surface area contributed by atoms with Crippen LogP contribution in [-0.2, 0) is 0 Å². The maximum atomic E-state index is 5.88.